The minimum atomic E-state index is -0.483. The molecule has 7 heteroatoms. The van der Waals surface area contributed by atoms with Crippen molar-refractivity contribution in [1.82, 2.24) is 5.43 Å². The van der Waals surface area contributed by atoms with Crippen LogP contribution in [0, 0.1) is 11.3 Å². The summed E-state index contributed by atoms with van der Waals surface area (Å²) in [4.78, 5) is 11.6. The molecule has 3 N–H and O–H groups in total. The molecule has 0 saturated carbocycles. The quantitative estimate of drug-likeness (QED) is 0.572. The summed E-state index contributed by atoms with van der Waals surface area (Å²) in [7, 11) is 0. The molecular weight excluding hydrogens is 298 g/mol. The summed E-state index contributed by atoms with van der Waals surface area (Å²) in [6.07, 6.45) is 1.24. The molecule has 0 atom stereocenters. The molecule has 0 spiro atoms. The van der Waals surface area contributed by atoms with Gasteiger partial charge in [-0.25, -0.2) is 5.43 Å². The Balaban J connectivity index is 1.82. The standard InChI is InChI=1S/C16H13N3O4/c17-8-11-1-5-14(6-2-11)23-10-16(22)19-18-9-12-3-4-13(20)7-15(12)21/h1-7,9,20-21H,10H2,(H,19,22)/b18-9+. The van der Waals surface area contributed by atoms with E-state index in [1.807, 2.05) is 6.07 Å². The van der Waals surface area contributed by atoms with Gasteiger partial charge in [-0.05, 0) is 36.4 Å². The smallest absolute Gasteiger partial charge is 0.277 e. The Hall–Kier alpha value is -3.53. The normalized spacial score (nSPS) is 10.2. The molecule has 0 aliphatic heterocycles. The Bertz CT molecular complexity index is 764. The van der Waals surface area contributed by atoms with Crippen LogP contribution in [0.25, 0.3) is 0 Å². The first kappa shape index (κ1) is 15.9. The summed E-state index contributed by atoms with van der Waals surface area (Å²) in [6.45, 7) is -0.245. The van der Waals surface area contributed by atoms with Crippen LogP contribution in [0.1, 0.15) is 11.1 Å². The van der Waals surface area contributed by atoms with Gasteiger partial charge in [-0.2, -0.15) is 10.4 Å². The average Bonchev–Trinajstić information content (AvgIpc) is 2.55. The Kier molecular flexibility index (Phi) is 5.15. The number of benzene rings is 2. The maximum Gasteiger partial charge on any atom is 0.277 e. The van der Waals surface area contributed by atoms with Crippen LogP contribution in [-0.4, -0.2) is 28.9 Å². The third kappa shape index (κ3) is 4.75. The molecule has 0 bridgehead atoms. The lowest BCUT2D eigenvalue weighted by Crippen LogP contribution is -2.24. The number of carbonyl (C=O) groups excluding carboxylic acids is 1. The molecular formula is C16H13N3O4. The summed E-state index contributed by atoms with van der Waals surface area (Å²) < 4.78 is 5.23. The average molecular weight is 311 g/mol. The van der Waals surface area contributed by atoms with E-state index in [9.17, 15) is 9.90 Å². The van der Waals surface area contributed by atoms with Crippen molar-refractivity contribution < 1.29 is 19.7 Å². The fourth-order valence-corrected chi connectivity index (χ4v) is 1.62. The fraction of sp³-hybridized carbons (Fsp3) is 0.0625. The van der Waals surface area contributed by atoms with Gasteiger partial charge in [-0.3, -0.25) is 4.79 Å². The SMILES string of the molecule is N#Cc1ccc(OCC(=O)N/N=C/c2ccc(O)cc2O)cc1. The van der Waals surface area contributed by atoms with Gasteiger partial charge in [-0.1, -0.05) is 0 Å². The zero-order valence-corrected chi connectivity index (χ0v) is 11.9. The molecule has 0 aromatic heterocycles. The lowest BCUT2D eigenvalue weighted by molar-refractivity contribution is -0.123. The van der Waals surface area contributed by atoms with Crippen LogP contribution in [0.5, 0.6) is 17.2 Å². The van der Waals surface area contributed by atoms with Gasteiger partial charge in [0.1, 0.15) is 17.2 Å². The molecule has 2 aromatic rings. The molecule has 0 heterocycles. The van der Waals surface area contributed by atoms with E-state index < -0.39 is 5.91 Å². The van der Waals surface area contributed by atoms with E-state index in [1.165, 1.54) is 18.3 Å². The summed E-state index contributed by atoms with van der Waals surface area (Å²) >= 11 is 0. The van der Waals surface area contributed by atoms with Gasteiger partial charge >= 0.3 is 0 Å². The predicted octanol–water partition coefficient (Wildman–Crippen LogP) is 1.50. The molecule has 2 aromatic carbocycles. The Labute approximate surface area is 132 Å². The molecule has 0 radical (unpaired) electrons. The molecule has 2 rings (SSSR count). The number of nitrogens with zero attached hydrogens (tertiary/aromatic N) is 2. The van der Waals surface area contributed by atoms with Crippen molar-refractivity contribution in [2.75, 3.05) is 6.61 Å². The van der Waals surface area contributed by atoms with E-state index >= 15 is 0 Å². The third-order valence-electron chi connectivity index (χ3n) is 2.76. The zero-order valence-electron chi connectivity index (χ0n) is 11.9. The Morgan fingerprint density at radius 1 is 1.26 bits per heavy atom. The van der Waals surface area contributed by atoms with Crippen LogP contribution in [-0.2, 0) is 4.79 Å². The highest BCUT2D eigenvalue weighted by molar-refractivity contribution is 5.85. The molecule has 23 heavy (non-hydrogen) atoms. The highest BCUT2D eigenvalue weighted by Gasteiger charge is 2.03. The van der Waals surface area contributed by atoms with E-state index in [-0.39, 0.29) is 18.1 Å². The van der Waals surface area contributed by atoms with Crippen molar-refractivity contribution in [3.05, 3.63) is 53.6 Å². The topological polar surface area (TPSA) is 115 Å². The number of amides is 1. The van der Waals surface area contributed by atoms with Crippen molar-refractivity contribution in [1.29, 1.82) is 5.26 Å². The number of rotatable bonds is 5. The number of aromatic hydroxyl groups is 2. The number of phenolic OH excluding ortho intramolecular Hbond substituents is 2. The number of hydrogen-bond donors (Lipinski definition) is 3. The Morgan fingerprint density at radius 2 is 2.00 bits per heavy atom. The minimum Gasteiger partial charge on any atom is -0.508 e. The van der Waals surface area contributed by atoms with Gasteiger partial charge in [-0.15, -0.1) is 0 Å². The third-order valence-corrected chi connectivity index (χ3v) is 2.76. The van der Waals surface area contributed by atoms with Gasteiger partial charge in [0.15, 0.2) is 6.61 Å². The van der Waals surface area contributed by atoms with Crippen LogP contribution < -0.4 is 10.2 Å². The summed E-state index contributed by atoms with van der Waals surface area (Å²) in [5.74, 6) is -0.250. The molecule has 0 fully saturated rings. The van der Waals surface area contributed by atoms with Crippen molar-refractivity contribution >= 4 is 12.1 Å². The van der Waals surface area contributed by atoms with E-state index in [4.69, 9.17) is 15.1 Å². The summed E-state index contributed by atoms with van der Waals surface area (Å²) in [5, 5.41) is 31.0. The maximum atomic E-state index is 11.6. The van der Waals surface area contributed by atoms with E-state index in [0.29, 0.717) is 16.9 Å². The molecule has 1 amide bonds. The van der Waals surface area contributed by atoms with Gasteiger partial charge in [0.2, 0.25) is 0 Å². The monoisotopic (exact) mass is 311 g/mol. The number of phenols is 2. The van der Waals surface area contributed by atoms with Crippen molar-refractivity contribution in [3.63, 3.8) is 0 Å². The molecule has 7 nitrogen and oxygen atoms in total. The van der Waals surface area contributed by atoms with E-state index in [2.05, 4.69) is 10.5 Å². The molecule has 116 valence electrons. The zero-order chi connectivity index (χ0) is 16.7. The van der Waals surface area contributed by atoms with Crippen LogP contribution in [0.3, 0.4) is 0 Å². The van der Waals surface area contributed by atoms with Crippen LogP contribution in [0.4, 0.5) is 0 Å². The van der Waals surface area contributed by atoms with Gasteiger partial charge in [0.05, 0.1) is 17.8 Å². The predicted molar refractivity (Wildman–Crippen MR) is 82.2 cm³/mol. The van der Waals surface area contributed by atoms with Crippen molar-refractivity contribution in [2.45, 2.75) is 0 Å². The van der Waals surface area contributed by atoms with E-state index in [0.717, 1.165) is 6.07 Å². The highest BCUT2D eigenvalue weighted by atomic mass is 16.5. The number of nitriles is 1. The first-order valence-electron chi connectivity index (χ1n) is 6.55. The van der Waals surface area contributed by atoms with Crippen molar-refractivity contribution in [2.24, 2.45) is 5.10 Å². The second kappa shape index (κ2) is 7.47. The van der Waals surface area contributed by atoms with Gasteiger partial charge < -0.3 is 14.9 Å². The Morgan fingerprint density at radius 3 is 2.65 bits per heavy atom. The number of carbonyl (C=O) groups is 1. The van der Waals surface area contributed by atoms with Crippen molar-refractivity contribution in [3.8, 4) is 23.3 Å². The molecule has 0 saturated heterocycles. The van der Waals surface area contributed by atoms with Gasteiger partial charge in [0.25, 0.3) is 5.91 Å². The second-order valence-corrected chi connectivity index (χ2v) is 4.46. The largest absolute Gasteiger partial charge is 0.508 e. The summed E-state index contributed by atoms with van der Waals surface area (Å²) in [6, 6.07) is 12.3. The number of nitrogens with one attached hydrogen (secondary N) is 1. The number of ether oxygens (including phenoxy) is 1. The summed E-state index contributed by atoms with van der Waals surface area (Å²) in [5.41, 5.74) is 3.09. The van der Waals surface area contributed by atoms with Crippen LogP contribution in [0.2, 0.25) is 0 Å². The lowest BCUT2D eigenvalue weighted by Gasteiger charge is -2.04. The highest BCUT2D eigenvalue weighted by Crippen LogP contribution is 2.20. The maximum absolute atomic E-state index is 11.6. The fourth-order valence-electron chi connectivity index (χ4n) is 1.62. The first-order valence-corrected chi connectivity index (χ1v) is 6.55. The number of hydrogen-bond acceptors (Lipinski definition) is 6. The lowest BCUT2D eigenvalue weighted by atomic mass is 10.2. The minimum absolute atomic E-state index is 0.0699. The molecule has 0 aliphatic carbocycles. The molecule has 0 unspecified atom stereocenters. The number of hydrazone groups is 1. The van der Waals surface area contributed by atoms with Crippen LogP contribution >= 0.6 is 0 Å². The first-order chi connectivity index (χ1) is 11.1. The molecule has 0 aliphatic rings. The van der Waals surface area contributed by atoms with Crippen LogP contribution in [0.15, 0.2) is 47.6 Å². The van der Waals surface area contributed by atoms with Gasteiger partial charge in [0, 0.05) is 11.6 Å². The second-order valence-electron chi connectivity index (χ2n) is 4.46. The van der Waals surface area contributed by atoms with E-state index in [1.54, 1.807) is 24.3 Å².